The van der Waals surface area contributed by atoms with Gasteiger partial charge in [0.25, 0.3) is 0 Å². The van der Waals surface area contributed by atoms with E-state index in [2.05, 4.69) is 9.97 Å². The van der Waals surface area contributed by atoms with Gasteiger partial charge in [-0.1, -0.05) is 0 Å². The maximum atomic E-state index is 9.04. The lowest BCUT2D eigenvalue weighted by Crippen LogP contribution is -2.18. The molecule has 4 nitrogen and oxygen atoms in total. The summed E-state index contributed by atoms with van der Waals surface area (Å²) >= 11 is 1.60. The summed E-state index contributed by atoms with van der Waals surface area (Å²) in [6, 6.07) is 1.94. The first kappa shape index (κ1) is 9.51. The quantitative estimate of drug-likeness (QED) is 0.781. The van der Waals surface area contributed by atoms with Crippen LogP contribution in [0.15, 0.2) is 17.6 Å². The molecule has 2 aromatic rings. The van der Waals surface area contributed by atoms with E-state index in [-0.39, 0.29) is 12.5 Å². The maximum Gasteiger partial charge on any atom is 0.135 e. The van der Waals surface area contributed by atoms with Crippen LogP contribution in [0.5, 0.6) is 0 Å². The van der Waals surface area contributed by atoms with Gasteiger partial charge in [0.15, 0.2) is 0 Å². The zero-order chi connectivity index (χ0) is 9.97. The van der Waals surface area contributed by atoms with Crippen molar-refractivity contribution in [3.05, 3.63) is 23.5 Å². The van der Waals surface area contributed by atoms with Gasteiger partial charge in [0.1, 0.15) is 5.82 Å². The standard InChI is InChI=1S/C9H11N3OS/c10-3-6(5-13)9-11-4-8-7(12-9)1-2-14-8/h1-2,4,6,13H,3,5,10H2. The first-order chi connectivity index (χ1) is 6.85. The van der Waals surface area contributed by atoms with Crippen LogP contribution in [0, 0.1) is 0 Å². The number of nitrogens with zero attached hydrogens (tertiary/aromatic N) is 2. The average Bonchev–Trinajstić information content (AvgIpc) is 2.66. The highest BCUT2D eigenvalue weighted by atomic mass is 32.1. The van der Waals surface area contributed by atoms with Crippen LogP contribution >= 0.6 is 11.3 Å². The van der Waals surface area contributed by atoms with Crippen molar-refractivity contribution in [3.63, 3.8) is 0 Å². The molecular weight excluding hydrogens is 198 g/mol. The number of thiophene rings is 1. The molecule has 2 aromatic heterocycles. The lowest BCUT2D eigenvalue weighted by Gasteiger charge is -2.08. The zero-order valence-electron chi connectivity index (χ0n) is 7.55. The van der Waals surface area contributed by atoms with Gasteiger partial charge in [0.2, 0.25) is 0 Å². The number of nitrogens with two attached hydrogens (primary N) is 1. The molecule has 0 bridgehead atoms. The van der Waals surface area contributed by atoms with Gasteiger partial charge in [-0.05, 0) is 11.4 Å². The van der Waals surface area contributed by atoms with E-state index in [9.17, 15) is 0 Å². The minimum absolute atomic E-state index is 0.00779. The molecule has 0 aromatic carbocycles. The highest BCUT2D eigenvalue weighted by Crippen LogP contribution is 2.19. The van der Waals surface area contributed by atoms with Crippen LogP contribution in [-0.2, 0) is 0 Å². The third-order valence-electron chi connectivity index (χ3n) is 2.09. The van der Waals surface area contributed by atoms with Gasteiger partial charge in [-0.3, -0.25) is 0 Å². The Kier molecular flexibility index (Phi) is 2.72. The second-order valence-corrected chi connectivity index (χ2v) is 3.96. The van der Waals surface area contributed by atoms with Gasteiger partial charge in [-0.2, -0.15) is 0 Å². The summed E-state index contributed by atoms with van der Waals surface area (Å²) in [6.07, 6.45) is 1.78. The van der Waals surface area contributed by atoms with Crippen LogP contribution in [0.3, 0.4) is 0 Å². The van der Waals surface area contributed by atoms with Crippen LogP contribution in [0.2, 0.25) is 0 Å². The molecule has 3 N–H and O–H groups in total. The van der Waals surface area contributed by atoms with Gasteiger partial charge in [-0.15, -0.1) is 11.3 Å². The predicted octanol–water partition coefficient (Wildman–Crippen LogP) is 0.726. The van der Waals surface area contributed by atoms with Crippen LogP contribution < -0.4 is 5.73 Å². The Labute approximate surface area is 85.4 Å². The molecule has 0 saturated heterocycles. The fourth-order valence-corrected chi connectivity index (χ4v) is 1.93. The normalized spacial score (nSPS) is 13.3. The monoisotopic (exact) mass is 209 g/mol. The molecule has 0 saturated carbocycles. The number of aromatic nitrogens is 2. The van der Waals surface area contributed by atoms with Gasteiger partial charge >= 0.3 is 0 Å². The van der Waals surface area contributed by atoms with E-state index in [0.29, 0.717) is 12.4 Å². The predicted molar refractivity (Wildman–Crippen MR) is 56.3 cm³/mol. The van der Waals surface area contributed by atoms with Crippen LogP contribution in [0.1, 0.15) is 11.7 Å². The van der Waals surface area contributed by atoms with Crippen molar-refractivity contribution < 1.29 is 5.11 Å². The molecular formula is C9H11N3OS. The summed E-state index contributed by atoms with van der Waals surface area (Å²) in [5.41, 5.74) is 6.42. The van der Waals surface area contributed by atoms with E-state index in [1.807, 2.05) is 11.4 Å². The van der Waals surface area contributed by atoms with Gasteiger partial charge in [0.05, 0.1) is 22.7 Å². The Balaban J connectivity index is 2.42. The molecule has 0 fully saturated rings. The average molecular weight is 209 g/mol. The molecule has 1 atom stereocenters. The molecule has 0 radical (unpaired) electrons. The van der Waals surface area contributed by atoms with E-state index in [4.69, 9.17) is 10.8 Å². The Hall–Kier alpha value is -1.04. The zero-order valence-corrected chi connectivity index (χ0v) is 8.37. The van der Waals surface area contributed by atoms with Crippen molar-refractivity contribution in [2.45, 2.75) is 5.92 Å². The van der Waals surface area contributed by atoms with E-state index in [1.54, 1.807) is 17.5 Å². The summed E-state index contributed by atoms with van der Waals surface area (Å²) < 4.78 is 1.06. The number of aliphatic hydroxyl groups excluding tert-OH is 1. The van der Waals surface area contributed by atoms with Crippen molar-refractivity contribution in [3.8, 4) is 0 Å². The van der Waals surface area contributed by atoms with E-state index >= 15 is 0 Å². The van der Waals surface area contributed by atoms with E-state index in [1.165, 1.54) is 0 Å². The number of hydrogen-bond acceptors (Lipinski definition) is 5. The SMILES string of the molecule is NCC(CO)c1ncc2sccc2n1. The minimum atomic E-state index is -0.153. The Bertz CT molecular complexity index is 425. The van der Waals surface area contributed by atoms with Crippen molar-refractivity contribution in [1.82, 2.24) is 9.97 Å². The highest BCUT2D eigenvalue weighted by Gasteiger charge is 2.12. The number of hydrogen-bond donors (Lipinski definition) is 2. The fourth-order valence-electron chi connectivity index (χ4n) is 1.24. The summed E-state index contributed by atoms with van der Waals surface area (Å²) in [5, 5.41) is 11.0. The van der Waals surface area contributed by atoms with Gasteiger partial charge in [0, 0.05) is 12.7 Å². The smallest absolute Gasteiger partial charge is 0.135 e. The molecule has 14 heavy (non-hydrogen) atoms. The molecule has 2 heterocycles. The first-order valence-electron chi connectivity index (χ1n) is 4.36. The van der Waals surface area contributed by atoms with Crippen molar-refractivity contribution >= 4 is 21.6 Å². The molecule has 0 amide bonds. The van der Waals surface area contributed by atoms with E-state index < -0.39 is 0 Å². The molecule has 0 aliphatic heterocycles. The summed E-state index contributed by atoms with van der Waals surface area (Å²) in [6.45, 7) is 0.359. The van der Waals surface area contributed by atoms with Crippen molar-refractivity contribution in [1.29, 1.82) is 0 Å². The second-order valence-electron chi connectivity index (χ2n) is 3.01. The van der Waals surface area contributed by atoms with Gasteiger partial charge in [-0.25, -0.2) is 9.97 Å². The largest absolute Gasteiger partial charge is 0.396 e. The summed E-state index contributed by atoms with van der Waals surface area (Å²) in [7, 11) is 0. The molecule has 0 aliphatic carbocycles. The fraction of sp³-hybridized carbons (Fsp3) is 0.333. The molecule has 0 spiro atoms. The number of fused-ring (bicyclic) bond motifs is 1. The summed E-state index contributed by atoms with van der Waals surface area (Å²) in [4.78, 5) is 8.52. The lowest BCUT2D eigenvalue weighted by molar-refractivity contribution is 0.263. The summed E-state index contributed by atoms with van der Waals surface area (Å²) in [5.74, 6) is 0.472. The third-order valence-corrected chi connectivity index (χ3v) is 2.93. The van der Waals surface area contributed by atoms with Crippen molar-refractivity contribution in [2.24, 2.45) is 5.73 Å². The van der Waals surface area contributed by atoms with Crippen LogP contribution in [-0.4, -0.2) is 28.2 Å². The van der Waals surface area contributed by atoms with Crippen molar-refractivity contribution in [2.75, 3.05) is 13.2 Å². The molecule has 74 valence electrons. The lowest BCUT2D eigenvalue weighted by atomic mass is 10.1. The minimum Gasteiger partial charge on any atom is -0.396 e. The van der Waals surface area contributed by atoms with Crippen LogP contribution in [0.25, 0.3) is 10.2 Å². The first-order valence-corrected chi connectivity index (χ1v) is 5.24. The second kappa shape index (κ2) is 4.00. The van der Waals surface area contributed by atoms with E-state index in [0.717, 1.165) is 10.2 Å². The molecule has 0 aliphatic rings. The third kappa shape index (κ3) is 1.61. The number of aliphatic hydroxyl groups is 1. The van der Waals surface area contributed by atoms with Gasteiger partial charge < -0.3 is 10.8 Å². The Morgan fingerprint density at radius 1 is 1.57 bits per heavy atom. The Morgan fingerprint density at radius 3 is 3.14 bits per heavy atom. The maximum absolute atomic E-state index is 9.04. The van der Waals surface area contributed by atoms with Crippen LogP contribution in [0.4, 0.5) is 0 Å². The molecule has 2 rings (SSSR count). The molecule has 1 unspecified atom stereocenters. The number of rotatable bonds is 3. The highest BCUT2D eigenvalue weighted by molar-refractivity contribution is 7.17. The topological polar surface area (TPSA) is 72.0 Å². The molecule has 5 heteroatoms. The Morgan fingerprint density at radius 2 is 2.43 bits per heavy atom.